The van der Waals surface area contributed by atoms with Crippen LogP contribution in [0.2, 0.25) is 0 Å². The number of hydrogen-bond acceptors (Lipinski definition) is 2. The molecule has 13 heavy (non-hydrogen) atoms. The van der Waals surface area contributed by atoms with Gasteiger partial charge in [-0.15, -0.1) is 0 Å². The van der Waals surface area contributed by atoms with Crippen LogP contribution in [0.15, 0.2) is 0 Å². The Morgan fingerprint density at radius 2 is 2.08 bits per heavy atom. The van der Waals surface area contributed by atoms with Gasteiger partial charge in [0.2, 0.25) is 0 Å². The highest BCUT2D eigenvalue weighted by Crippen LogP contribution is 2.16. The third-order valence-corrected chi connectivity index (χ3v) is 2.37. The second kappa shape index (κ2) is 4.33. The fourth-order valence-electron chi connectivity index (χ4n) is 1.73. The number of nitrogens with zero attached hydrogens (tertiary/aromatic N) is 1. The van der Waals surface area contributed by atoms with Crippen LogP contribution in [0.3, 0.4) is 0 Å². The van der Waals surface area contributed by atoms with E-state index in [2.05, 4.69) is 0 Å². The molecule has 1 saturated heterocycles. The third-order valence-electron chi connectivity index (χ3n) is 2.37. The molecule has 1 atom stereocenters. The van der Waals surface area contributed by atoms with Crippen molar-refractivity contribution >= 4 is 0 Å². The van der Waals surface area contributed by atoms with E-state index < -0.39 is 5.92 Å². The molecular formula is C9H18F2N2. The summed E-state index contributed by atoms with van der Waals surface area (Å²) >= 11 is 0. The van der Waals surface area contributed by atoms with Crippen LogP contribution in [-0.4, -0.2) is 36.5 Å². The maximum absolute atomic E-state index is 12.7. The molecule has 4 heteroatoms. The Balaban J connectivity index is 2.34. The number of alkyl halides is 2. The molecule has 2 nitrogen and oxygen atoms in total. The number of likely N-dealkylation sites (tertiary alicyclic amines) is 1. The van der Waals surface area contributed by atoms with E-state index in [1.807, 2.05) is 4.90 Å². The largest absolute Gasteiger partial charge is 0.328 e. The van der Waals surface area contributed by atoms with Gasteiger partial charge in [0, 0.05) is 13.0 Å². The van der Waals surface area contributed by atoms with E-state index in [0.29, 0.717) is 6.54 Å². The minimum atomic E-state index is -2.57. The van der Waals surface area contributed by atoms with Gasteiger partial charge in [0.1, 0.15) is 0 Å². The number of nitrogens with two attached hydrogens (primary N) is 1. The topological polar surface area (TPSA) is 29.3 Å². The molecular weight excluding hydrogens is 174 g/mol. The van der Waals surface area contributed by atoms with Crippen molar-refractivity contribution in [2.45, 2.75) is 38.2 Å². The van der Waals surface area contributed by atoms with Crippen LogP contribution in [0.1, 0.15) is 26.2 Å². The van der Waals surface area contributed by atoms with Gasteiger partial charge in [-0.25, -0.2) is 8.78 Å². The summed E-state index contributed by atoms with van der Waals surface area (Å²) in [6.07, 6.45) is 2.75. The summed E-state index contributed by atoms with van der Waals surface area (Å²) in [7, 11) is 0. The number of rotatable bonds is 2. The molecule has 2 N–H and O–H groups in total. The van der Waals surface area contributed by atoms with E-state index in [1.54, 1.807) is 0 Å². The molecule has 1 heterocycles. The molecule has 0 aromatic heterocycles. The summed E-state index contributed by atoms with van der Waals surface area (Å²) in [4.78, 5) is 1.81. The van der Waals surface area contributed by atoms with Crippen molar-refractivity contribution in [3.05, 3.63) is 0 Å². The maximum Gasteiger partial charge on any atom is 0.257 e. The Labute approximate surface area is 78.1 Å². The second-order valence-electron chi connectivity index (χ2n) is 4.04. The van der Waals surface area contributed by atoms with Crippen molar-refractivity contribution in [2.75, 3.05) is 19.6 Å². The molecule has 0 saturated carbocycles. The van der Waals surface area contributed by atoms with Crippen LogP contribution >= 0.6 is 0 Å². The quantitative estimate of drug-likeness (QED) is 0.717. The summed E-state index contributed by atoms with van der Waals surface area (Å²) in [5, 5.41) is 0. The first-order chi connectivity index (χ1) is 5.97. The van der Waals surface area contributed by atoms with Crippen molar-refractivity contribution < 1.29 is 8.78 Å². The highest BCUT2D eigenvalue weighted by Gasteiger charge is 2.26. The zero-order valence-corrected chi connectivity index (χ0v) is 8.10. The summed E-state index contributed by atoms with van der Waals surface area (Å²) in [5.74, 6) is -2.57. The molecule has 0 amide bonds. The lowest BCUT2D eigenvalue weighted by molar-refractivity contribution is -0.0136. The van der Waals surface area contributed by atoms with Crippen molar-refractivity contribution in [1.29, 1.82) is 0 Å². The first kappa shape index (κ1) is 10.9. The highest BCUT2D eigenvalue weighted by atomic mass is 19.3. The molecule has 0 radical (unpaired) electrons. The van der Waals surface area contributed by atoms with E-state index in [1.165, 1.54) is 0 Å². The van der Waals surface area contributed by atoms with Gasteiger partial charge in [0.25, 0.3) is 5.92 Å². The van der Waals surface area contributed by atoms with Crippen molar-refractivity contribution in [2.24, 2.45) is 5.73 Å². The van der Waals surface area contributed by atoms with Gasteiger partial charge < -0.3 is 5.73 Å². The predicted molar refractivity (Wildman–Crippen MR) is 48.9 cm³/mol. The molecule has 0 bridgehead atoms. The Morgan fingerprint density at radius 3 is 2.69 bits per heavy atom. The molecule has 1 unspecified atom stereocenters. The van der Waals surface area contributed by atoms with Crippen LogP contribution in [0, 0.1) is 0 Å². The van der Waals surface area contributed by atoms with Crippen LogP contribution in [0.4, 0.5) is 8.78 Å². The summed E-state index contributed by atoms with van der Waals surface area (Å²) in [6, 6.07) is 0.204. The standard InChI is InChI=1S/C9H18F2N2/c1-9(10,11)7-13-5-2-3-8(12)4-6-13/h8H,2-7,12H2,1H3. The smallest absolute Gasteiger partial charge is 0.257 e. The Hall–Kier alpha value is -0.220. The Morgan fingerprint density at radius 1 is 1.38 bits per heavy atom. The molecule has 78 valence electrons. The zero-order chi connectivity index (χ0) is 9.90. The first-order valence-corrected chi connectivity index (χ1v) is 4.83. The summed E-state index contributed by atoms with van der Waals surface area (Å²) in [6.45, 7) is 2.32. The average Bonchev–Trinajstić information content (AvgIpc) is 2.12. The molecule has 1 rings (SSSR count). The maximum atomic E-state index is 12.7. The van der Waals surface area contributed by atoms with Crippen molar-refractivity contribution in [3.63, 3.8) is 0 Å². The number of hydrogen-bond donors (Lipinski definition) is 1. The average molecular weight is 192 g/mol. The molecule has 1 fully saturated rings. The fourth-order valence-corrected chi connectivity index (χ4v) is 1.73. The van der Waals surface area contributed by atoms with Crippen LogP contribution in [0.25, 0.3) is 0 Å². The minimum Gasteiger partial charge on any atom is -0.328 e. The van der Waals surface area contributed by atoms with Gasteiger partial charge in [-0.2, -0.15) is 0 Å². The van der Waals surface area contributed by atoms with Gasteiger partial charge in [-0.05, 0) is 32.4 Å². The monoisotopic (exact) mass is 192 g/mol. The van der Waals surface area contributed by atoms with Gasteiger partial charge in [-0.1, -0.05) is 0 Å². The normalized spacial score (nSPS) is 27.2. The fraction of sp³-hybridized carbons (Fsp3) is 1.00. The molecule has 0 spiro atoms. The Kier molecular flexibility index (Phi) is 3.62. The molecule has 1 aliphatic rings. The second-order valence-corrected chi connectivity index (χ2v) is 4.04. The molecule has 0 aromatic rings. The molecule has 0 aliphatic carbocycles. The molecule has 1 aliphatic heterocycles. The van der Waals surface area contributed by atoms with Crippen LogP contribution < -0.4 is 5.73 Å². The van der Waals surface area contributed by atoms with Crippen molar-refractivity contribution in [3.8, 4) is 0 Å². The SMILES string of the molecule is CC(F)(F)CN1CCCC(N)CC1. The van der Waals surface area contributed by atoms with Gasteiger partial charge in [0.15, 0.2) is 0 Å². The van der Waals surface area contributed by atoms with E-state index in [4.69, 9.17) is 5.73 Å². The zero-order valence-electron chi connectivity index (χ0n) is 8.10. The summed E-state index contributed by atoms with van der Waals surface area (Å²) < 4.78 is 25.3. The van der Waals surface area contributed by atoms with E-state index >= 15 is 0 Å². The highest BCUT2D eigenvalue weighted by molar-refractivity contribution is 4.74. The predicted octanol–water partition coefficient (Wildman–Crippen LogP) is 1.45. The van der Waals surface area contributed by atoms with Gasteiger partial charge in [0.05, 0.1) is 6.54 Å². The van der Waals surface area contributed by atoms with E-state index in [0.717, 1.165) is 32.7 Å². The van der Waals surface area contributed by atoms with Gasteiger partial charge >= 0.3 is 0 Å². The number of halogens is 2. The Bertz CT molecular complexity index is 156. The molecule has 0 aromatic carbocycles. The lowest BCUT2D eigenvalue weighted by atomic mass is 10.1. The van der Waals surface area contributed by atoms with Crippen LogP contribution in [-0.2, 0) is 0 Å². The third kappa shape index (κ3) is 4.52. The van der Waals surface area contributed by atoms with Crippen molar-refractivity contribution in [1.82, 2.24) is 4.90 Å². The lowest BCUT2D eigenvalue weighted by Crippen LogP contribution is -2.36. The first-order valence-electron chi connectivity index (χ1n) is 4.83. The lowest BCUT2D eigenvalue weighted by Gasteiger charge is -2.23. The summed E-state index contributed by atoms with van der Waals surface area (Å²) in [5.41, 5.74) is 5.75. The van der Waals surface area contributed by atoms with Crippen LogP contribution in [0.5, 0.6) is 0 Å². The van der Waals surface area contributed by atoms with E-state index in [9.17, 15) is 8.78 Å². The minimum absolute atomic E-state index is 0.125. The van der Waals surface area contributed by atoms with E-state index in [-0.39, 0.29) is 12.6 Å². The van der Waals surface area contributed by atoms with Gasteiger partial charge in [-0.3, -0.25) is 4.90 Å².